The van der Waals surface area contributed by atoms with E-state index in [0.29, 0.717) is 6.61 Å². The van der Waals surface area contributed by atoms with Gasteiger partial charge in [-0.1, -0.05) is 85.5 Å². The topological polar surface area (TPSA) is 21.3 Å². The van der Waals surface area contributed by atoms with E-state index in [-0.39, 0.29) is 5.92 Å². The normalized spacial score (nSPS) is 11.6. The molecule has 0 aliphatic rings. The summed E-state index contributed by atoms with van der Waals surface area (Å²) in [4.78, 5) is 0. The maximum atomic E-state index is 5.83. The molecule has 29 heavy (non-hydrogen) atoms. The van der Waals surface area contributed by atoms with Crippen LogP contribution in [-0.4, -0.2) is 19.7 Å². The van der Waals surface area contributed by atoms with Gasteiger partial charge in [0.15, 0.2) is 0 Å². The highest BCUT2D eigenvalue weighted by Gasteiger charge is 2.16. The molecule has 0 bridgehead atoms. The minimum absolute atomic E-state index is 0.257. The Hall–Kier alpha value is -3.10. The van der Waals surface area contributed by atoms with Gasteiger partial charge in [0, 0.05) is 19.0 Å². The van der Waals surface area contributed by atoms with Gasteiger partial charge in [-0.2, -0.15) is 0 Å². The molecule has 0 aromatic heterocycles. The highest BCUT2D eigenvalue weighted by atomic mass is 16.5. The zero-order chi connectivity index (χ0) is 20.3. The van der Waals surface area contributed by atoms with E-state index >= 15 is 0 Å². The molecule has 0 amide bonds. The van der Waals surface area contributed by atoms with Crippen LogP contribution in [0.1, 0.15) is 29.0 Å². The Bertz CT molecular complexity index is 885. The van der Waals surface area contributed by atoms with Crippen molar-refractivity contribution in [3.8, 4) is 5.75 Å². The first-order valence-corrected chi connectivity index (χ1v) is 10.1. The minimum atomic E-state index is 0.257. The van der Waals surface area contributed by atoms with Crippen LogP contribution in [-0.2, 0) is 0 Å². The first kappa shape index (κ1) is 20.6. The van der Waals surface area contributed by atoms with E-state index in [4.69, 9.17) is 4.74 Å². The molecule has 0 aliphatic carbocycles. The number of benzene rings is 3. The predicted molar refractivity (Wildman–Crippen MR) is 123 cm³/mol. The maximum absolute atomic E-state index is 5.83. The van der Waals surface area contributed by atoms with Gasteiger partial charge in [0.25, 0.3) is 0 Å². The van der Waals surface area contributed by atoms with Crippen LogP contribution in [0, 0.1) is 0 Å². The molecule has 0 saturated carbocycles. The predicted octanol–water partition coefficient (Wildman–Crippen LogP) is 6.08. The first-order valence-electron chi connectivity index (χ1n) is 10.1. The molecule has 1 unspecified atom stereocenters. The fourth-order valence-electron chi connectivity index (χ4n) is 3.39. The van der Waals surface area contributed by atoms with Crippen molar-refractivity contribution < 1.29 is 4.74 Å². The van der Waals surface area contributed by atoms with Crippen molar-refractivity contribution in [2.45, 2.75) is 12.3 Å². The highest BCUT2D eigenvalue weighted by molar-refractivity contribution is 5.64. The summed E-state index contributed by atoms with van der Waals surface area (Å²) in [5, 5.41) is 3.24. The van der Waals surface area contributed by atoms with E-state index in [1.165, 1.54) is 16.7 Å². The van der Waals surface area contributed by atoms with E-state index in [1.807, 2.05) is 12.1 Å². The average molecular weight is 384 g/mol. The van der Waals surface area contributed by atoms with Crippen LogP contribution in [0.4, 0.5) is 0 Å². The molecule has 2 nitrogen and oxygen atoms in total. The zero-order valence-electron chi connectivity index (χ0n) is 16.9. The minimum Gasteiger partial charge on any atom is -0.492 e. The van der Waals surface area contributed by atoms with Crippen molar-refractivity contribution in [2.24, 2.45) is 0 Å². The Morgan fingerprint density at radius 3 is 2.14 bits per heavy atom. The molecular weight excluding hydrogens is 354 g/mol. The summed E-state index contributed by atoms with van der Waals surface area (Å²) in [6.07, 6.45) is 2.72. The van der Waals surface area contributed by atoms with Crippen molar-refractivity contribution in [1.29, 1.82) is 0 Å². The second-order valence-corrected chi connectivity index (χ2v) is 7.05. The highest BCUT2D eigenvalue weighted by Crippen LogP contribution is 2.34. The molecule has 0 spiro atoms. The molecule has 3 aromatic rings. The summed E-state index contributed by atoms with van der Waals surface area (Å²) in [6, 6.07) is 29.5. The maximum Gasteiger partial charge on any atom is 0.119 e. The number of nitrogens with one attached hydrogen (secondary N) is 1. The van der Waals surface area contributed by atoms with Crippen LogP contribution in [0.25, 0.3) is 5.57 Å². The molecule has 1 atom stereocenters. The molecule has 0 saturated heterocycles. The number of ether oxygens (including phenoxy) is 1. The van der Waals surface area contributed by atoms with Gasteiger partial charge in [-0.25, -0.2) is 0 Å². The molecule has 0 aliphatic heterocycles. The van der Waals surface area contributed by atoms with Crippen LogP contribution >= 0.6 is 0 Å². The van der Waals surface area contributed by atoms with Crippen LogP contribution in [0.2, 0.25) is 0 Å². The smallest absolute Gasteiger partial charge is 0.119 e. The summed E-state index contributed by atoms with van der Waals surface area (Å²) in [6.45, 7) is 10.3. The van der Waals surface area contributed by atoms with Gasteiger partial charge < -0.3 is 10.1 Å². The number of rotatable bonds is 11. The van der Waals surface area contributed by atoms with Gasteiger partial charge in [0.05, 0.1) is 0 Å². The molecule has 0 heterocycles. The Morgan fingerprint density at radius 2 is 1.48 bits per heavy atom. The third kappa shape index (κ3) is 6.20. The lowest BCUT2D eigenvalue weighted by Crippen LogP contribution is -2.20. The van der Waals surface area contributed by atoms with E-state index in [9.17, 15) is 0 Å². The molecular formula is C27H29NO. The van der Waals surface area contributed by atoms with Gasteiger partial charge in [0.1, 0.15) is 12.4 Å². The summed E-state index contributed by atoms with van der Waals surface area (Å²) in [5.41, 5.74) is 4.91. The standard InChI is InChI=1S/C27H29NO/c1-3-18-28-19-20-29-26-16-14-25(15-17-26)27(24-12-8-5-9-13-24)21-22(2)23-10-6-4-7-11-23/h3-17,27-28H,1-2,18-21H2. The van der Waals surface area contributed by atoms with Gasteiger partial charge in [-0.15, -0.1) is 6.58 Å². The first-order chi connectivity index (χ1) is 14.3. The van der Waals surface area contributed by atoms with Crippen molar-refractivity contribution in [1.82, 2.24) is 5.32 Å². The summed E-state index contributed by atoms with van der Waals surface area (Å²) >= 11 is 0. The monoisotopic (exact) mass is 383 g/mol. The Morgan fingerprint density at radius 1 is 0.862 bits per heavy atom. The lowest BCUT2D eigenvalue weighted by Gasteiger charge is -2.20. The zero-order valence-corrected chi connectivity index (χ0v) is 16.9. The van der Waals surface area contributed by atoms with Crippen molar-refractivity contribution in [2.75, 3.05) is 19.7 Å². The molecule has 3 aromatic carbocycles. The van der Waals surface area contributed by atoms with Gasteiger partial charge >= 0.3 is 0 Å². The second kappa shape index (κ2) is 11.0. The van der Waals surface area contributed by atoms with Gasteiger partial charge in [-0.3, -0.25) is 0 Å². The van der Waals surface area contributed by atoms with Gasteiger partial charge in [-0.05, 0) is 40.8 Å². The van der Waals surface area contributed by atoms with Crippen molar-refractivity contribution in [3.05, 3.63) is 121 Å². The fourth-order valence-corrected chi connectivity index (χ4v) is 3.39. The molecule has 2 heteroatoms. The molecule has 0 radical (unpaired) electrons. The quantitative estimate of drug-likeness (QED) is 0.320. The molecule has 148 valence electrons. The summed E-state index contributed by atoms with van der Waals surface area (Å²) in [7, 11) is 0. The van der Waals surface area contributed by atoms with Crippen LogP contribution < -0.4 is 10.1 Å². The van der Waals surface area contributed by atoms with Crippen LogP contribution in [0.3, 0.4) is 0 Å². The summed E-state index contributed by atoms with van der Waals surface area (Å²) in [5.74, 6) is 1.15. The molecule has 1 N–H and O–H groups in total. The Kier molecular flexibility index (Phi) is 7.85. The van der Waals surface area contributed by atoms with Gasteiger partial charge in [0.2, 0.25) is 0 Å². The van der Waals surface area contributed by atoms with Crippen LogP contribution in [0.15, 0.2) is 104 Å². The third-order valence-electron chi connectivity index (χ3n) is 4.95. The summed E-state index contributed by atoms with van der Waals surface area (Å²) < 4.78 is 5.83. The fraction of sp³-hybridized carbons (Fsp3) is 0.185. The largest absolute Gasteiger partial charge is 0.492 e. The third-order valence-corrected chi connectivity index (χ3v) is 4.95. The second-order valence-electron chi connectivity index (χ2n) is 7.05. The number of hydrogen-bond acceptors (Lipinski definition) is 2. The molecule has 3 rings (SSSR count). The van der Waals surface area contributed by atoms with E-state index < -0.39 is 0 Å². The van der Waals surface area contributed by atoms with E-state index in [1.54, 1.807) is 0 Å². The van der Waals surface area contributed by atoms with Crippen LogP contribution in [0.5, 0.6) is 5.75 Å². The lowest BCUT2D eigenvalue weighted by atomic mass is 9.84. The number of hydrogen-bond donors (Lipinski definition) is 1. The lowest BCUT2D eigenvalue weighted by molar-refractivity contribution is 0.316. The Balaban J connectivity index is 1.72. The Labute approximate surface area is 174 Å². The van der Waals surface area contributed by atoms with Crippen molar-refractivity contribution >= 4 is 5.57 Å². The number of allylic oxidation sites excluding steroid dienone is 1. The SMILES string of the molecule is C=CCNCCOc1ccc(C(CC(=C)c2ccccc2)c2ccccc2)cc1. The van der Waals surface area contributed by atoms with E-state index in [0.717, 1.165) is 30.8 Å². The molecule has 0 fully saturated rings. The van der Waals surface area contributed by atoms with E-state index in [2.05, 4.69) is 97.3 Å². The van der Waals surface area contributed by atoms with Crippen molar-refractivity contribution in [3.63, 3.8) is 0 Å². The average Bonchev–Trinajstić information content (AvgIpc) is 2.79.